The van der Waals surface area contributed by atoms with E-state index < -0.39 is 0 Å². The Bertz CT molecular complexity index is 758. The normalized spacial score (nSPS) is 10.8. The molecule has 3 aromatic heterocycles. The Hall–Kier alpha value is -2.70. The predicted molar refractivity (Wildman–Crippen MR) is 66.9 cm³/mol. The Balaban J connectivity index is 1.95. The number of carbonyl (C=O) groups is 1. The minimum absolute atomic E-state index is 0.203. The third kappa shape index (κ3) is 1.95. The highest BCUT2D eigenvalue weighted by molar-refractivity contribution is 6.02. The molecule has 19 heavy (non-hydrogen) atoms. The maximum atomic E-state index is 12.1. The van der Waals surface area contributed by atoms with E-state index in [-0.39, 0.29) is 11.7 Å². The first-order valence-corrected chi connectivity index (χ1v) is 5.69. The van der Waals surface area contributed by atoms with E-state index in [9.17, 15) is 4.79 Å². The molecule has 0 fully saturated rings. The lowest BCUT2D eigenvalue weighted by molar-refractivity contribution is 0.0994. The monoisotopic (exact) mass is 257 g/mol. The van der Waals surface area contributed by atoms with Crippen molar-refractivity contribution >= 4 is 17.4 Å². The van der Waals surface area contributed by atoms with Crippen LogP contribution in [0.2, 0.25) is 0 Å². The van der Waals surface area contributed by atoms with Gasteiger partial charge in [0.15, 0.2) is 11.5 Å². The second kappa shape index (κ2) is 4.20. The first kappa shape index (κ1) is 11.4. The van der Waals surface area contributed by atoms with Crippen molar-refractivity contribution in [1.82, 2.24) is 19.6 Å². The Morgan fingerprint density at radius 3 is 2.95 bits per heavy atom. The fraction of sp³-hybridized carbons (Fsp3) is 0.167. The maximum Gasteiger partial charge on any atom is 0.294 e. The van der Waals surface area contributed by atoms with Crippen LogP contribution in [-0.4, -0.2) is 25.5 Å². The number of nitrogens with one attached hydrogen (secondary N) is 1. The van der Waals surface area contributed by atoms with Crippen molar-refractivity contribution in [3.05, 3.63) is 41.9 Å². The Labute approximate surface area is 108 Å². The molecule has 3 aromatic rings. The molecule has 0 bridgehead atoms. The molecule has 0 aromatic carbocycles. The predicted octanol–water partition coefficient (Wildman–Crippen LogP) is 1.59. The lowest BCUT2D eigenvalue weighted by Crippen LogP contribution is -2.15. The number of nitrogens with zero attached hydrogens (tertiary/aromatic N) is 4. The number of fused-ring (bicyclic) bond motifs is 1. The van der Waals surface area contributed by atoms with Crippen molar-refractivity contribution in [1.29, 1.82) is 0 Å². The highest BCUT2D eigenvalue weighted by atomic mass is 16.4. The molecular weight excluding hydrogens is 246 g/mol. The topological polar surface area (TPSA) is 85.3 Å². The smallest absolute Gasteiger partial charge is 0.294 e. The van der Waals surface area contributed by atoms with Crippen molar-refractivity contribution in [3.8, 4) is 0 Å². The van der Waals surface area contributed by atoms with Crippen LogP contribution >= 0.6 is 0 Å². The van der Waals surface area contributed by atoms with Gasteiger partial charge in [0.05, 0.1) is 5.69 Å². The summed E-state index contributed by atoms with van der Waals surface area (Å²) in [5.74, 6) is 0.825. The van der Waals surface area contributed by atoms with Crippen LogP contribution in [-0.2, 0) is 0 Å². The molecule has 0 spiro atoms. The lowest BCUT2D eigenvalue weighted by Gasteiger charge is -2.04. The lowest BCUT2D eigenvalue weighted by atomic mass is 10.3. The standard InChI is InChI=1S/C12H11N5O2/c1-7-11(19-8(2)15-7)12(18)16-10-5-3-4-9-13-6-14-17(9)10/h3-6H,1-2H3,(H,16,18). The second-order valence-corrected chi connectivity index (χ2v) is 4.04. The van der Waals surface area contributed by atoms with Gasteiger partial charge in [-0.15, -0.1) is 0 Å². The van der Waals surface area contributed by atoms with Crippen LogP contribution in [0.4, 0.5) is 5.82 Å². The molecule has 1 N–H and O–H groups in total. The van der Waals surface area contributed by atoms with Gasteiger partial charge in [-0.1, -0.05) is 6.07 Å². The van der Waals surface area contributed by atoms with Gasteiger partial charge >= 0.3 is 0 Å². The van der Waals surface area contributed by atoms with Crippen LogP contribution in [0.5, 0.6) is 0 Å². The van der Waals surface area contributed by atoms with Gasteiger partial charge in [0.25, 0.3) is 5.91 Å². The van der Waals surface area contributed by atoms with E-state index in [1.54, 1.807) is 32.0 Å². The molecule has 7 nitrogen and oxygen atoms in total. The number of hydrogen-bond acceptors (Lipinski definition) is 5. The Morgan fingerprint density at radius 1 is 1.37 bits per heavy atom. The zero-order valence-corrected chi connectivity index (χ0v) is 10.4. The average Bonchev–Trinajstić information content (AvgIpc) is 2.96. The summed E-state index contributed by atoms with van der Waals surface area (Å²) in [5.41, 5.74) is 1.21. The summed E-state index contributed by atoms with van der Waals surface area (Å²) in [6, 6.07) is 5.32. The summed E-state index contributed by atoms with van der Waals surface area (Å²) in [6.45, 7) is 3.42. The van der Waals surface area contributed by atoms with Crippen molar-refractivity contribution in [2.45, 2.75) is 13.8 Å². The van der Waals surface area contributed by atoms with E-state index in [2.05, 4.69) is 20.4 Å². The Morgan fingerprint density at radius 2 is 2.21 bits per heavy atom. The third-order valence-electron chi connectivity index (χ3n) is 2.65. The molecule has 0 aliphatic heterocycles. The van der Waals surface area contributed by atoms with Crippen molar-refractivity contribution in [2.75, 3.05) is 5.32 Å². The van der Waals surface area contributed by atoms with Gasteiger partial charge in [0.2, 0.25) is 5.76 Å². The first-order valence-electron chi connectivity index (χ1n) is 5.69. The quantitative estimate of drug-likeness (QED) is 0.753. The zero-order valence-electron chi connectivity index (χ0n) is 10.4. The third-order valence-corrected chi connectivity index (χ3v) is 2.65. The van der Waals surface area contributed by atoms with Crippen LogP contribution in [0.1, 0.15) is 22.1 Å². The number of hydrogen-bond donors (Lipinski definition) is 1. The summed E-state index contributed by atoms with van der Waals surface area (Å²) < 4.78 is 6.81. The molecule has 7 heteroatoms. The number of aromatic nitrogens is 4. The molecular formula is C12H11N5O2. The molecule has 0 saturated carbocycles. The van der Waals surface area contributed by atoms with Gasteiger partial charge in [-0.3, -0.25) is 4.79 Å². The molecule has 3 rings (SSSR count). The largest absolute Gasteiger partial charge is 0.436 e. The summed E-state index contributed by atoms with van der Waals surface area (Å²) in [6.07, 6.45) is 1.43. The summed E-state index contributed by atoms with van der Waals surface area (Å²) in [7, 11) is 0. The molecule has 0 radical (unpaired) electrons. The molecule has 96 valence electrons. The molecule has 0 aliphatic rings. The van der Waals surface area contributed by atoms with Crippen molar-refractivity contribution in [2.24, 2.45) is 0 Å². The Kier molecular flexibility index (Phi) is 2.52. The van der Waals surface area contributed by atoms with Gasteiger partial charge < -0.3 is 9.73 Å². The van der Waals surface area contributed by atoms with E-state index in [0.29, 0.717) is 23.0 Å². The van der Waals surface area contributed by atoms with E-state index in [1.165, 1.54) is 10.8 Å². The molecule has 0 atom stereocenters. The maximum absolute atomic E-state index is 12.1. The van der Waals surface area contributed by atoms with Crippen LogP contribution in [0.3, 0.4) is 0 Å². The molecule has 3 heterocycles. The number of anilines is 1. The fourth-order valence-corrected chi connectivity index (χ4v) is 1.86. The summed E-state index contributed by atoms with van der Waals surface area (Å²) in [4.78, 5) is 20.2. The van der Waals surface area contributed by atoms with Crippen molar-refractivity contribution < 1.29 is 9.21 Å². The second-order valence-electron chi connectivity index (χ2n) is 4.04. The minimum Gasteiger partial charge on any atom is -0.436 e. The van der Waals surface area contributed by atoms with Gasteiger partial charge in [0, 0.05) is 6.92 Å². The van der Waals surface area contributed by atoms with Gasteiger partial charge in [0.1, 0.15) is 12.1 Å². The molecule has 0 saturated heterocycles. The van der Waals surface area contributed by atoms with E-state index in [0.717, 1.165) is 0 Å². The number of oxazole rings is 1. The molecule has 0 unspecified atom stereocenters. The molecule has 1 amide bonds. The number of rotatable bonds is 2. The van der Waals surface area contributed by atoms with Gasteiger partial charge in [-0.25, -0.2) is 9.97 Å². The van der Waals surface area contributed by atoms with Crippen molar-refractivity contribution in [3.63, 3.8) is 0 Å². The van der Waals surface area contributed by atoms with Crippen LogP contribution < -0.4 is 5.32 Å². The van der Waals surface area contributed by atoms with Gasteiger partial charge in [-0.2, -0.15) is 9.61 Å². The first-order chi connectivity index (χ1) is 9.15. The number of aryl methyl sites for hydroxylation is 2. The molecule has 0 aliphatic carbocycles. The minimum atomic E-state index is -0.360. The number of carbonyl (C=O) groups excluding carboxylic acids is 1. The fourth-order valence-electron chi connectivity index (χ4n) is 1.86. The van der Waals surface area contributed by atoms with Crippen LogP contribution in [0.25, 0.3) is 5.65 Å². The average molecular weight is 257 g/mol. The van der Waals surface area contributed by atoms with E-state index in [4.69, 9.17) is 4.42 Å². The highest BCUT2D eigenvalue weighted by Crippen LogP contribution is 2.14. The van der Waals surface area contributed by atoms with Crippen LogP contribution in [0.15, 0.2) is 28.9 Å². The number of amides is 1. The van der Waals surface area contributed by atoms with E-state index >= 15 is 0 Å². The highest BCUT2D eigenvalue weighted by Gasteiger charge is 2.17. The summed E-state index contributed by atoms with van der Waals surface area (Å²) in [5, 5.41) is 6.77. The van der Waals surface area contributed by atoms with Gasteiger partial charge in [-0.05, 0) is 19.1 Å². The number of pyridine rings is 1. The van der Waals surface area contributed by atoms with E-state index in [1.807, 2.05) is 0 Å². The SMILES string of the molecule is Cc1nc(C)c(C(=O)Nc2cccc3ncnn23)o1. The summed E-state index contributed by atoms with van der Waals surface area (Å²) >= 11 is 0. The van der Waals surface area contributed by atoms with Crippen LogP contribution in [0, 0.1) is 13.8 Å². The zero-order chi connectivity index (χ0) is 13.4.